The first-order valence-corrected chi connectivity index (χ1v) is 6.52. The quantitative estimate of drug-likeness (QED) is 0.798. The van der Waals surface area contributed by atoms with E-state index in [0.717, 1.165) is 19.0 Å². The van der Waals surface area contributed by atoms with Gasteiger partial charge in [0.2, 0.25) is 0 Å². The molecule has 0 aromatic heterocycles. The Bertz CT molecular complexity index is 387. The molecule has 2 heterocycles. The number of hydrogen-bond acceptors (Lipinski definition) is 2. The lowest BCUT2D eigenvalue weighted by Gasteiger charge is -2.24. The van der Waals surface area contributed by atoms with Crippen LogP contribution in [0, 0.1) is 11.8 Å². The first kappa shape index (κ1) is 11.0. The van der Waals surface area contributed by atoms with Crippen molar-refractivity contribution in [3.05, 3.63) is 48.6 Å². The highest BCUT2D eigenvalue weighted by Gasteiger charge is 2.41. The van der Waals surface area contributed by atoms with Gasteiger partial charge in [-0.2, -0.15) is 0 Å². The maximum atomic E-state index is 3.95. The zero-order valence-corrected chi connectivity index (χ0v) is 10.2. The minimum Gasteiger partial charge on any atom is -0.301 e. The summed E-state index contributed by atoms with van der Waals surface area (Å²) in [5.41, 5.74) is 1.41. The molecule has 2 heteroatoms. The van der Waals surface area contributed by atoms with Crippen molar-refractivity contribution in [1.29, 1.82) is 0 Å². The number of rotatable bonds is 3. The van der Waals surface area contributed by atoms with Gasteiger partial charge in [-0.05, 0) is 23.8 Å². The van der Waals surface area contributed by atoms with Crippen LogP contribution < -0.4 is 5.32 Å². The first-order valence-electron chi connectivity index (χ1n) is 6.52. The predicted octanol–water partition coefficient (Wildman–Crippen LogP) is 2.24. The molecular weight excluding hydrogens is 208 g/mol. The van der Waals surface area contributed by atoms with E-state index < -0.39 is 0 Å². The second-order valence-electron chi connectivity index (χ2n) is 5.16. The molecule has 2 fully saturated rings. The molecule has 0 spiro atoms. The van der Waals surface area contributed by atoms with E-state index in [4.69, 9.17) is 0 Å². The molecule has 1 aromatic carbocycles. The van der Waals surface area contributed by atoms with Gasteiger partial charge in [-0.1, -0.05) is 36.4 Å². The van der Waals surface area contributed by atoms with E-state index in [1.54, 1.807) is 0 Å². The molecule has 90 valence electrons. The molecule has 3 rings (SSSR count). The Balaban J connectivity index is 1.69. The lowest BCUT2D eigenvalue weighted by Crippen LogP contribution is -2.39. The second-order valence-corrected chi connectivity index (χ2v) is 5.16. The van der Waals surface area contributed by atoms with E-state index in [1.807, 2.05) is 0 Å². The lowest BCUT2D eigenvalue weighted by atomic mass is 9.94. The molecule has 0 aliphatic carbocycles. The third-order valence-electron chi connectivity index (χ3n) is 4.19. The van der Waals surface area contributed by atoms with Gasteiger partial charge in [0.1, 0.15) is 0 Å². The summed E-state index contributed by atoms with van der Waals surface area (Å²) in [7, 11) is 0. The fourth-order valence-electron chi connectivity index (χ4n) is 3.27. The van der Waals surface area contributed by atoms with Crippen LogP contribution in [0.2, 0.25) is 0 Å². The fraction of sp³-hybridized carbons (Fsp3) is 0.467. The molecule has 2 aliphatic rings. The molecule has 1 aromatic rings. The maximum absolute atomic E-state index is 3.95. The molecule has 2 aliphatic heterocycles. The highest BCUT2D eigenvalue weighted by molar-refractivity contribution is 5.15. The largest absolute Gasteiger partial charge is 0.301 e. The minimum atomic E-state index is 0.568. The van der Waals surface area contributed by atoms with E-state index in [1.165, 1.54) is 18.5 Å². The number of hydrogen-bond donors (Lipinski definition) is 1. The number of likely N-dealkylation sites (tertiary alicyclic amines) is 1. The van der Waals surface area contributed by atoms with Crippen LogP contribution in [-0.4, -0.2) is 24.2 Å². The average Bonchev–Trinajstić information content (AvgIpc) is 2.93. The monoisotopic (exact) mass is 228 g/mol. The molecule has 0 amide bonds. The SMILES string of the molecule is C=C[C@H]1CN[C@H]2[C@@H]1CCN2Cc1ccccc1. The Morgan fingerprint density at radius 1 is 1.35 bits per heavy atom. The molecule has 0 unspecified atom stereocenters. The maximum Gasteiger partial charge on any atom is 0.0635 e. The van der Waals surface area contributed by atoms with Crippen molar-refractivity contribution >= 4 is 0 Å². The van der Waals surface area contributed by atoms with E-state index in [0.29, 0.717) is 12.1 Å². The number of fused-ring (bicyclic) bond motifs is 1. The minimum absolute atomic E-state index is 0.568. The van der Waals surface area contributed by atoms with E-state index in [-0.39, 0.29) is 0 Å². The Morgan fingerprint density at radius 2 is 2.18 bits per heavy atom. The van der Waals surface area contributed by atoms with Crippen molar-refractivity contribution in [1.82, 2.24) is 10.2 Å². The molecule has 1 N–H and O–H groups in total. The van der Waals surface area contributed by atoms with Crippen molar-refractivity contribution in [3.8, 4) is 0 Å². The van der Waals surface area contributed by atoms with Crippen molar-refractivity contribution in [2.45, 2.75) is 19.1 Å². The van der Waals surface area contributed by atoms with Gasteiger partial charge in [-0.15, -0.1) is 6.58 Å². The van der Waals surface area contributed by atoms with Crippen molar-refractivity contribution in [2.75, 3.05) is 13.1 Å². The molecule has 0 radical (unpaired) electrons. The molecular formula is C15H20N2. The summed E-state index contributed by atoms with van der Waals surface area (Å²) in [6.45, 7) is 7.33. The van der Waals surface area contributed by atoms with Crippen LogP contribution in [0.25, 0.3) is 0 Å². The van der Waals surface area contributed by atoms with Gasteiger partial charge in [0, 0.05) is 19.6 Å². The molecule has 17 heavy (non-hydrogen) atoms. The highest BCUT2D eigenvalue weighted by atomic mass is 15.3. The van der Waals surface area contributed by atoms with Crippen LogP contribution >= 0.6 is 0 Å². The van der Waals surface area contributed by atoms with Gasteiger partial charge in [0.05, 0.1) is 6.17 Å². The van der Waals surface area contributed by atoms with Crippen LogP contribution in [0.5, 0.6) is 0 Å². The van der Waals surface area contributed by atoms with Crippen LogP contribution in [0.1, 0.15) is 12.0 Å². The summed E-state index contributed by atoms with van der Waals surface area (Å²) in [4.78, 5) is 2.57. The average molecular weight is 228 g/mol. The van der Waals surface area contributed by atoms with Gasteiger partial charge in [0.15, 0.2) is 0 Å². The Hall–Kier alpha value is -1.12. The Labute approximate surface area is 103 Å². The second kappa shape index (κ2) is 4.63. The van der Waals surface area contributed by atoms with Crippen LogP contribution in [0.4, 0.5) is 0 Å². The topological polar surface area (TPSA) is 15.3 Å². The summed E-state index contributed by atoms with van der Waals surface area (Å²) < 4.78 is 0. The zero-order valence-electron chi connectivity index (χ0n) is 10.2. The van der Waals surface area contributed by atoms with E-state index >= 15 is 0 Å². The molecule has 0 saturated carbocycles. The van der Waals surface area contributed by atoms with Crippen LogP contribution in [0.3, 0.4) is 0 Å². The Morgan fingerprint density at radius 3 is 2.94 bits per heavy atom. The van der Waals surface area contributed by atoms with Gasteiger partial charge in [-0.3, -0.25) is 4.90 Å². The van der Waals surface area contributed by atoms with Crippen LogP contribution in [-0.2, 0) is 6.54 Å². The number of benzene rings is 1. The standard InChI is InChI=1S/C15H20N2/c1-2-13-10-16-15-14(13)8-9-17(15)11-12-6-4-3-5-7-12/h2-7,13-16H,1,8-11H2/t13-,14+,15+/m0/s1. The summed E-state index contributed by atoms with van der Waals surface area (Å²) >= 11 is 0. The van der Waals surface area contributed by atoms with Gasteiger partial charge < -0.3 is 5.32 Å². The predicted molar refractivity (Wildman–Crippen MR) is 70.4 cm³/mol. The smallest absolute Gasteiger partial charge is 0.0635 e. The molecule has 2 saturated heterocycles. The van der Waals surface area contributed by atoms with Crippen molar-refractivity contribution in [2.24, 2.45) is 11.8 Å². The third kappa shape index (κ3) is 2.03. The number of nitrogens with one attached hydrogen (secondary N) is 1. The molecule has 2 nitrogen and oxygen atoms in total. The van der Waals surface area contributed by atoms with Crippen LogP contribution in [0.15, 0.2) is 43.0 Å². The Kier molecular flexibility index (Phi) is 3.00. The normalized spacial score (nSPS) is 32.6. The first-order chi connectivity index (χ1) is 8.38. The summed E-state index contributed by atoms with van der Waals surface area (Å²) in [5.74, 6) is 1.44. The lowest BCUT2D eigenvalue weighted by molar-refractivity contribution is 0.210. The number of nitrogens with zero attached hydrogens (tertiary/aromatic N) is 1. The highest BCUT2D eigenvalue weighted by Crippen LogP contribution is 2.34. The van der Waals surface area contributed by atoms with E-state index in [2.05, 4.69) is 53.2 Å². The molecule has 3 atom stereocenters. The van der Waals surface area contributed by atoms with E-state index in [9.17, 15) is 0 Å². The summed E-state index contributed by atoms with van der Waals surface area (Å²) in [6.07, 6.45) is 4.00. The third-order valence-corrected chi connectivity index (χ3v) is 4.19. The van der Waals surface area contributed by atoms with Gasteiger partial charge >= 0.3 is 0 Å². The van der Waals surface area contributed by atoms with Gasteiger partial charge in [-0.25, -0.2) is 0 Å². The van der Waals surface area contributed by atoms with Crippen molar-refractivity contribution in [3.63, 3.8) is 0 Å². The zero-order chi connectivity index (χ0) is 11.7. The summed E-state index contributed by atoms with van der Waals surface area (Å²) in [6, 6.07) is 10.8. The van der Waals surface area contributed by atoms with Crippen molar-refractivity contribution < 1.29 is 0 Å². The molecule has 0 bridgehead atoms. The fourth-order valence-corrected chi connectivity index (χ4v) is 3.27. The van der Waals surface area contributed by atoms with Gasteiger partial charge in [0.25, 0.3) is 0 Å². The summed E-state index contributed by atoms with van der Waals surface area (Å²) in [5, 5.41) is 3.64.